The van der Waals surface area contributed by atoms with E-state index in [9.17, 15) is 19.5 Å². The van der Waals surface area contributed by atoms with Crippen molar-refractivity contribution in [1.29, 1.82) is 0 Å². The smallest absolute Gasteiger partial charge is 0.310 e. The van der Waals surface area contributed by atoms with E-state index in [0.29, 0.717) is 29.2 Å². The lowest BCUT2D eigenvalue weighted by Gasteiger charge is -2.26. The van der Waals surface area contributed by atoms with Gasteiger partial charge in [0, 0.05) is 11.3 Å². The summed E-state index contributed by atoms with van der Waals surface area (Å²) in [7, 11) is 1.60. The standard InChI is InChI=1S/C33H35NO6/c1-7-40-28(35)17-22-11-13-24(14-12-22)34-30(23-10-8-9-20(4)15-23)29(32(37)33(34)38)31(36)26-18-25(19(2)3)27(39-6)16-21(26)5/h8-16,18-19,30,36H,7,17H2,1-6H3/b31-29+. The highest BCUT2D eigenvalue weighted by Crippen LogP contribution is 2.43. The second-order valence-electron chi connectivity index (χ2n) is 10.3. The number of Topliss-reactive ketones (excluding diaryl/α,β-unsaturated/α-hetero) is 1. The van der Waals surface area contributed by atoms with Crippen LogP contribution in [0.25, 0.3) is 5.76 Å². The van der Waals surface area contributed by atoms with Crippen LogP contribution in [0.2, 0.25) is 0 Å². The van der Waals surface area contributed by atoms with Gasteiger partial charge in [-0.05, 0) is 73.2 Å². The molecule has 3 aromatic carbocycles. The summed E-state index contributed by atoms with van der Waals surface area (Å²) in [5, 5.41) is 11.7. The van der Waals surface area contributed by atoms with Crippen LogP contribution in [0.4, 0.5) is 5.69 Å². The molecule has 7 nitrogen and oxygen atoms in total. The maximum absolute atomic E-state index is 13.6. The molecule has 1 fully saturated rings. The van der Waals surface area contributed by atoms with E-state index in [-0.39, 0.29) is 29.6 Å². The van der Waals surface area contributed by atoms with Crippen molar-refractivity contribution in [2.45, 2.75) is 53.0 Å². The number of esters is 1. The number of aliphatic hydroxyl groups is 1. The van der Waals surface area contributed by atoms with E-state index in [0.717, 1.165) is 22.3 Å². The zero-order valence-corrected chi connectivity index (χ0v) is 23.8. The van der Waals surface area contributed by atoms with Gasteiger partial charge >= 0.3 is 5.97 Å². The third-order valence-electron chi connectivity index (χ3n) is 7.12. The molecule has 0 radical (unpaired) electrons. The Labute approximate surface area is 235 Å². The maximum Gasteiger partial charge on any atom is 0.310 e. The van der Waals surface area contributed by atoms with Crippen LogP contribution in [0.3, 0.4) is 0 Å². The Morgan fingerprint density at radius 3 is 2.33 bits per heavy atom. The van der Waals surface area contributed by atoms with E-state index in [1.165, 1.54) is 4.90 Å². The van der Waals surface area contributed by atoms with Crippen LogP contribution < -0.4 is 9.64 Å². The van der Waals surface area contributed by atoms with Crippen molar-refractivity contribution in [2.75, 3.05) is 18.6 Å². The average molecular weight is 542 g/mol. The molecule has 4 rings (SSSR count). The number of benzene rings is 3. The summed E-state index contributed by atoms with van der Waals surface area (Å²) < 4.78 is 10.6. The lowest BCUT2D eigenvalue weighted by atomic mass is 9.90. The molecule has 0 spiro atoms. The number of hydrogen-bond acceptors (Lipinski definition) is 6. The number of hydrogen-bond donors (Lipinski definition) is 1. The van der Waals surface area contributed by atoms with Crippen molar-refractivity contribution < 1.29 is 29.0 Å². The fourth-order valence-electron chi connectivity index (χ4n) is 5.13. The van der Waals surface area contributed by atoms with Crippen molar-refractivity contribution >= 4 is 29.1 Å². The first-order valence-corrected chi connectivity index (χ1v) is 13.4. The summed E-state index contributed by atoms with van der Waals surface area (Å²) in [6.45, 7) is 9.86. The van der Waals surface area contributed by atoms with Gasteiger partial charge in [-0.3, -0.25) is 19.3 Å². The molecule has 40 heavy (non-hydrogen) atoms. The van der Waals surface area contributed by atoms with Crippen LogP contribution in [0, 0.1) is 13.8 Å². The summed E-state index contributed by atoms with van der Waals surface area (Å²) in [5.74, 6) is -1.27. The van der Waals surface area contributed by atoms with Gasteiger partial charge in [-0.15, -0.1) is 0 Å². The van der Waals surface area contributed by atoms with Gasteiger partial charge < -0.3 is 14.6 Å². The van der Waals surface area contributed by atoms with Gasteiger partial charge in [-0.2, -0.15) is 0 Å². The number of anilines is 1. The molecule has 1 aliphatic rings. The van der Waals surface area contributed by atoms with E-state index in [1.807, 2.05) is 64.1 Å². The van der Waals surface area contributed by atoms with Gasteiger partial charge in [0.1, 0.15) is 11.5 Å². The highest BCUT2D eigenvalue weighted by atomic mass is 16.5. The molecule has 1 amide bonds. The number of carbonyl (C=O) groups excluding carboxylic acids is 3. The quantitative estimate of drug-likeness (QED) is 0.159. The van der Waals surface area contributed by atoms with E-state index < -0.39 is 17.7 Å². The van der Waals surface area contributed by atoms with Crippen molar-refractivity contribution in [3.63, 3.8) is 0 Å². The highest BCUT2D eigenvalue weighted by Gasteiger charge is 2.47. The summed E-state index contributed by atoms with van der Waals surface area (Å²) >= 11 is 0. The van der Waals surface area contributed by atoms with Crippen LogP contribution in [0.1, 0.15) is 66.1 Å². The lowest BCUT2D eigenvalue weighted by molar-refractivity contribution is -0.142. The minimum absolute atomic E-state index is 0.0224. The summed E-state index contributed by atoms with van der Waals surface area (Å²) in [6.07, 6.45) is 0.100. The zero-order valence-electron chi connectivity index (χ0n) is 23.8. The number of aryl methyl sites for hydroxylation is 2. The molecular weight excluding hydrogens is 506 g/mol. The Morgan fingerprint density at radius 1 is 1.02 bits per heavy atom. The number of ether oxygens (including phenoxy) is 2. The third-order valence-corrected chi connectivity index (χ3v) is 7.12. The molecule has 1 unspecified atom stereocenters. The molecule has 0 bridgehead atoms. The Hall–Kier alpha value is -4.39. The Morgan fingerprint density at radius 2 is 1.73 bits per heavy atom. The van der Waals surface area contributed by atoms with Gasteiger partial charge in [0.15, 0.2) is 0 Å². The van der Waals surface area contributed by atoms with Gasteiger partial charge in [0.2, 0.25) is 0 Å². The first-order chi connectivity index (χ1) is 19.1. The zero-order chi connectivity index (χ0) is 29.1. The molecule has 1 saturated heterocycles. The van der Waals surface area contributed by atoms with Gasteiger partial charge in [0.05, 0.1) is 31.8 Å². The molecule has 0 aliphatic carbocycles. The molecule has 1 atom stereocenters. The SMILES string of the molecule is CCOC(=O)Cc1ccc(N2C(=O)C(=O)/C(=C(/O)c3cc(C(C)C)c(OC)cc3C)C2c2cccc(C)c2)cc1. The number of nitrogens with zero attached hydrogens (tertiary/aromatic N) is 1. The summed E-state index contributed by atoms with van der Waals surface area (Å²) in [6, 6.07) is 17.3. The molecule has 1 heterocycles. The van der Waals surface area contributed by atoms with E-state index in [1.54, 1.807) is 38.3 Å². The maximum atomic E-state index is 13.6. The Bertz CT molecular complexity index is 1490. The predicted octanol–water partition coefficient (Wildman–Crippen LogP) is 6.17. The van der Waals surface area contributed by atoms with E-state index in [4.69, 9.17) is 9.47 Å². The first-order valence-electron chi connectivity index (χ1n) is 13.4. The largest absolute Gasteiger partial charge is 0.507 e. The molecular formula is C33H35NO6. The number of aliphatic hydroxyl groups excluding tert-OH is 1. The molecule has 0 saturated carbocycles. The first kappa shape index (κ1) is 28.6. The monoisotopic (exact) mass is 541 g/mol. The summed E-state index contributed by atoms with van der Waals surface area (Å²) in [5.41, 5.74) is 4.96. The minimum atomic E-state index is -0.847. The van der Waals surface area contributed by atoms with Crippen molar-refractivity contribution in [3.8, 4) is 5.75 Å². The van der Waals surface area contributed by atoms with Crippen LogP contribution in [0.15, 0.2) is 66.2 Å². The molecule has 7 heteroatoms. The molecule has 1 aliphatic heterocycles. The number of amides is 1. The van der Waals surface area contributed by atoms with Crippen molar-refractivity contribution in [2.24, 2.45) is 0 Å². The fourth-order valence-corrected chi connectivity index (χ4v) is 5.13. The molecule has 3 aromatic rings. The van der Waals surface area contributed by atoms with Gasteiger partial charge in [-0.25, -0.2) is 0 Å². The van der Waals surface area contributed by atoms with E-state index in [2.05, 4.69) is 0 Å². The second kappa shape index (κ2) is 11.8. The topological polar surface area (TPSA) is 93.1 Å². The van der Waals surface area contributed by atoms with Gasteiger partial charge in [0.25, 0.3) is 11.7 Å². The third kappa shape index (κ3) is 5.50. The average Bonchev–Trinajstić information content (AvgIpc) is 3.18. The fraction of sp³-hybridized carbons (Fsp3) is 0.303. The van der Waals surface area contributed by atoms with Crippen LogP contribution in [0.5, 0.6) is 5.75 Å². The molecule has 1 N–H and O–H groups in total. The van der Waals surface area contributed by atoms with Crippen LogP contribution in [-0.2, 0) is 25.5 Å². The van der Waals surface area contributed by atoms with E-state index >= 15 is 0 Å². The second-order valence-corrected chi connectivity index (χ2v) is 10.3. The molecule has 208 valence electrons. The summed E-state index contributed by atoms with van der Waals surface area (Å²) in [4.78, 5) is 40.5. The Kier molecular flexibility index (Phi) is 8.43. The highest BCUT2D eigenvalue weighted by molar-refractivity contribution is 6.51. The number of carbonyl (C=O) groups is 3. The minimum Gasteiger partial charge on any atom is -0.507 e. The number of rotatable bonds is 8. The lowest BCUT2D eigenvalue weighted by Crippen LogP contribution is -2.29. The Balaban J connectivity index is 1.88. The van der Waals surface area contributed by atoms with Gasteiger partial charge in [-0.1, -0.05) is 55.8 Å². The predicted molar refractivity (Wildman–Crippen MR) is 155 cm³/mol. The number of methoxy groups -OCH3 is 1. The number of ketones is 1. The van der Waals surface area contributed by atoms with Crippen LogP contribution >= 0.6 is 0 Å². The van der Waals surface area contributed by atoms with Crippen molar-refractivity contribution in [1.82, 2.24) is 0 Å². The van der Waals surface area contributed by atoms with Crippen molar-refractivity contribution in [3.05, 3.63) is 99.6 Å². The normalized spacial score (nSPS) is 16.5. The molecule has 0 aromatic heterocycles. The van der Waals surface area contributed by atoms with Crippen LogP contribution in [-0.4, -0.2) is 36.5 Å².